The van der Waals surface area contributed by atoms with E-state index in [1.165, 1.54) is 11.1 Å². The van der Waals surface area contributed by atoms with Crippen LogP contribution in [0.1, 0.15) is 23.2 Å². The quantitative estimate of drug-likeness (QED) is 0.857. The van der Waals surface area contributed by atoms with Crippen molar-refractivity contribution in [1.29, 1.82) is 0 Å². The molecule has 1 N–H and O–H groups in total. The highest BCUT2D eigenvalue weighted by atomic mass is 35.5. The van der Waals surface area contributed by atoms with Crippen LogP contribution in [0.2, 0.25) is 5.02 Å². The van der Waals surface area contributed by atoms with Gasteiger partial charge in [-0.1, -0.05) is 35.9 Å². The van der Waals surface area contributed by atoms with Crippen LogP contribution in [0, 0.1) is 0 Å². The summed E-state index contributed by atoms with van der Waals surface area (Å²) in [5.41, 5.74) is 2.33. The molecule has 1 aliphatic carbocycles. The Hall–Kier alpha value is -1.32. The van der Waals surface area contributed by atoms with Gasteiger partial charge in [-0.3, -0.25) is 4.68 Å². The molecule has 4 heteroatoms. The lowest BCUT2D eigenvalue weighted by Crippen LogP contribution is -2.35. The molecule has 0 radical (unpaired) electrons. The second kappa shape index (κ2) is 4.11. The Kier molecular flexibility index (Phi) is 2.68. The Balaban J connectivity index is 2.04. The monoisotopic (exact) mass is 262 g/mol. The summed E-state index contributed by atoms with van der Waals surface area (Å²) in [5.74, 6) is 0. The molecular formula is C14H15ClN2O. The first-order chi connectivity index (χ1) is 8.60. The van der Waals surface area contributed by atoms with Gasteiger partial charge in [0.25, 0.3) is 0 Å². The summed E-state index contributed by atoms with van der Waals surface area (Å²) >= 11 is 6.15. The molecule has 1 aromatic carbocycles. The first-order valence-corrected chi connectivity index (χ1v) is 6.45. The van der Waals surface area contributed by atoms with Crippen molar-refractivity contribution in [1.82, 2.24) is 9.78 Å². The van der Waals surface area contributed by atoms with E-state index in [-0.39, 0.29) is 0 Å². The van der Waals surface area contributed by atoms with Gasteiger partial charge in [-0.2, -0.15) is 5.10 Å². The minimum Gasteiger partial charge on any atom is -0.383 e. The smallest absolute Gasteiger partial charge is 0.112 e. The zero-order valence-corrected chi connectivity index (χ0v) is 11.0. The Bertz CT molecular complexity index is 574. The van der Waals surface area contributed by atoms with Crippen molar-refractivity contribution in [2.24, 2.45) is 7.05 Å². The molecule has 0 saturated carbocycles. The van der Waals surface area contributed by atoms with E-state index in [1.807, 2.05) is 19.2 Å². The van der Waals surface area contributed by atoms with Crippen molar-refractivity contribution in [3.8, 4) is 0 Å². The number of aryl methyl sites for hydroxylation is 2. The van der Waals surface area contributed by atoms with Crippen LogP contribution >= 0.6 is 11.6 Å². The maximum atomic E-state index is 10.9. The molecule has 94 valence electrons. The minimum absolute atomic E-state index is 0.541. The topological polar surface area (TPSA) is 38.0 Å². The van der Waals surface area contributed by atoms with Crippen LogP contribution in [-0.4, -0.2) is 14.9 Å². The molecule has 18 heavy (non-hydrogen) atoms. The summed E-state index contributed by atoms with van der Waals surface area (Å²) in [6.45, 7) is 0. The van der Waals surface area contributed by atoms with Crippen molar-refractivity contribution in [2.75, 3.05) is 0 Å². The highest BCUT2D eigenvalue weighted by Gasteiger charge is 2.37. The molecular weight excluding hydrogens is 248 g/mol. The highest BCUT2D eigenvalue weighted by Crippen LogP contribution is 2.38. The first kappa shape index (κ1) is 11.8. The van der Waals surface area contributed by atoms with Crippen LogP contribution in [-0.2, 0) is 25.5 Å². The molecule has 1 aliphatic rings. The lowest BCUT2D eigenvalue weighted by atomic mass is 9.78. The van der Waals surface area contributed by atoms with Crippen LogP contribution in [0.15, 0.2) is 30.5 Å². The van der Waals surface area contributed by atoms with Gasteiger partial charge in [-0.15, -0.1) is 0 Å². The molecule has 2 aromatic rings. The third kappa shape index (κ3) is 1.74. The van der Waals surface area contributed by atoms with E-state index < -0.39 is 5.60 Å². The summed E-state index contributed by atoms with van der Waals surface area (Å²) < 4.78 is 1.68. The molecule has 0 fully saturated rings. The molecule has 0 bridgehead atoms. The van der Waals surface area contributed by atoms with E-state index in [1.54, 1.807) is 10.9 Å². The number of aromatic nitrogens is 2. The molecule has 1 atom stereocenters. The molecule has 0 spiro atoms. The number of hydrogen-bond acceptors (Lipinski definition) is 2. The van der Waals surface area contributed by atoms with Crippen LogP contribution in [0.25, 0.3) is 0 Å². The van der Waals surface area contributed by atoms with Gasteiger partial charge < -0.3 is 5.11 Å². The molecule has 1 unspecified atom stereocenters. The second-order valence-corrected chi connectivity index (χ2v) is 5.35. The fraction of sp³-hybridized carbons (Fsp3) is 0.357. The Labute approximate surface area is 111 Å². The van der Waals surface area contributed by atoms with Gasteiger partial charge in [0.1, 0.15) is 5.60 Å². The lowest BCUT2D eigenvalue weighted by molar-refractivity contribution is 0.0144. The van der Waals surface area contributed by atoms with Crippen molar-refractivity contribution < 1.29 is 5.11 Å². The number of nitrogens with zero attached hydrogens (tertiary/aromatic N) is 2. The average Bonchev–Trinajstić information content (AvgIpc) is 2.69. The first-order valence-electron chi connectivity index (χ1n) is 6.07. The normalized spacial score (nSPS) is 22.8. The summed E-state index contributed by atoms with van der Waals surface area (Å²) in [5, 5.41) is 15.6. The zero-order valence-electron chi connectivity index (χ0n) is 10.2. The van der Waals surface area contributed by atoms with E-state index in [0.717, 1.165) is 12.1 Å². The zero-order chi connectivity index (χ0) is 12.8. The van der Waals surface area contributed by atoms with Gasteiger partial charge in [-0.25, -0.2) is 0 Å². The number of hydrogen-bond donors (Lipinski definition) is 1. The molecule has 3 nitrogen and oxygen atoms in total. The Morgan fingerprint density at radius 1 is 1.33 bits per heavy atom. The minimum atomic E-state index is -0.906. The molecule has 3 rings (SSSR count). The second-order valence-electron chi connectivity index (χ2n) is 4.94. The van der Waals surface area contributed by atoms with E-state index in [4.69, 9.17) is 11.6 Å². The SMILES string of the molecule is Cn1ncc(Cl)c1C1(O)CCc2ccccc2C1. The Morgan fingerprint density at radius 3 is 2.72 bits per heavy atom. The van der Waals surface area contributed by atoms with Gasteiger partial charge in [0.2, 0.25) is 0 Å². The predicted molar refractivity (Wildman–Crippen MR) is 70.6 cm³/mol. The predicted octanol–water partition coefficient (Wildman–Crippen LogP) is 2.45. The lowest BCUT2D eigenvalue weighted by Gasteiger charge is -2.33. The van der Waals surface area contributed by atoms with Crippen molar-refractivity contribution >= 4 is 11.6 Å². The maximum Gasteiger partial charge on any atom is 0.112 e. The number of benzene rings is 1. The molecule has 0 saturated heterocycles. The van der Waals surface area contributed by atoms with Gasteiger partial charge in [0.15, 0.2) is 0 Å². The van der Waals surface area contributed by atoms with Crippen LogP contribution in [0.4, 0.5) is 0 Å². The number of halogens is 1. The summed E-state index contributed by atoms with van der Waals surface area (Å²) in [6.07, 6.45) is 3.75. The van der Waals surface area contributed by atoms with E-state index in [2.05, 4.69) is 17.2 Å². The number of aliphatic hydroxyl groups is 1. The van der Waals surface area contributed by atoms with E-state index in [9.17, 15) is 5.11 Å². The summed E-state index contributed by atoms with van der Waals surface area (Å²) in [4.78, 5) is 0. The third-order valence-corrected chi connectivity index (χ3v) is 4.02. The van der Waals surface area contributed by atoms with Crippen molar-refractivity contribution in [3.05, 3.63) is 52.3 Å². The van der Waals surface area contributed by atoms with Gasteiger partial charge in [0, 0.05) is 13.5 Å². The van der Waals surface area contributed by atoms with Crippen molar-refractivity contribution in [3.63, 3.8) is 0 Å². The van der Waals surface area contributed by atoms with Crippen LogP contribution in [0.5, 0.6) is 0 Å². The maximum absolute atomic E-state index is 10.9. The van der Waals surface area contributed by atoms with E-state index >= 15 is 0 Å². The van der Waals surface area contributed by atoms with Crippen LogP contribution in [0.3, 0.4) is 0 Å². The summed E-state index contributed by atoms with van der Waals surface area (Å²) in [7, 11) is 1.82. The fourth-order valence-electron chi connectivity index (χ4n) is 2.86. The molecule has 1 heterocycles. The highest BCUT2D eigenvalue weighted by molar-refractivity contribution is 6.31. The van der Waals surface area contributed by atoms with Gasteiger partial charge in [0.05, 0.1) is 16.9 Å². The molecule has 1 aromatic heterocycles. The molecule has 0 aliphatic heterocycles. The Morgan fingerprint density at radius 2 is 2.06 bits per heavy atom. The third-order valence-electron chi connectivity index (χ3n) is 3.74. The number of rotatable bonds is 1. The van der Waals surface area contributed by atoms with Crippen molar-refractivity contribution in [2.45, 2.75) is 24.9 Å². The summed E-state index contributed by atoms with van der Waals surface area (Å²) in [6, 6.07) is 8.25. The van der Waals surface area contributed by atoms with Crippen LogP contribution < -0.4 is 0 Å². The fourth-order valence-corrected chi connectivity index (χ4v) is 3.20. The van der Waals surface area contributed by atoms with Gasteiger partial charge >= 0.3 is 0 Å². The largest absolute Gasteiger partial charge is 0.383 e. The molecule has 0 amide bonds. The number of fused-ring (bicyclic) bond motifs is 1. The standard InChI is InChI=1S/C14H15ClN2O/c1-17-13(12(15)9-16-17)14(18)7-6-10-4-2-3-5-11(10)8-14/h2-5,9,18H,6-8H2,1H3. The average molecular weight is 263 g/mol. The van der Waals surface area contributed by atoms with E-state index in [0.29, 0.717) is 17.9 Å². The van der Waals surface area contributed by atoms with Gasteiger partial charge in [-0.05, 0) is 24.0 Å².